The summed E-state index contributed by atoms with van der Waals surface area (Å²) < 4.78 is 75.9. The molecule has 1 atom stereocenters. The van der Waals surface area contributed by atoms with Crippen LogP contribution in [0.5, 0.6) is 0 Å². The van der Waals surface area contributed by atoms with Gasteiger partial charge in [-0.15, -0.1) is 0 Å². The maximum Gasteiger partial charge on any atom is 0.416 e. The first kappa shape index (κ1) is 15.9. The first-order chi connectivity index (χ1) is 8.50. The molecule has 0 saturated carbocycles. The molecule has 1 unspecified atom stereocenters. The summed E-state index contributed by atoms with van der Waals surface area (Å²) in [5.74, 6) is -2.00. The fourth-order valence-corrected chi connectivity index (χ4v) is 1.77. The van der Waals surface area contributed by atoms with E-state index in [1.807, 2.05) is 0 Å². The number of rotatable bonds is 2. The van der Waals surface area contributed by atoms with Crippen LogP contribution in [0.25, 0.3) is 0 Å². The fourth-order valence-electron chi connectivity index (χ4n) is 1.77. The third-order valence-electron chi connectivity index (χ3n) is 2.57. The van der Waals surface area contributed by atoms with Crippen molar-refractivity contribution in [1.82, 2.24) is 0 Å². The maximum atomic E-state index is 12.7. The number of allylic oxidation sites excluding steroid dienone is 6. The average molecular weight is 284 g/mol. The van der Waals surface area contributed by atoms with Crippen molar-refractivity contribution in [3.63, 3.8) is 0 Å². The van der Waals surface area contributed by atoms with Gasteiger partial charge in [0.1, 0.15) is 0 Å². The predicted molar refractivity (Wildman–Crippen MR) is 60.4 cm³/mol. The Morgan fingerprint density at radius 1 is 1.11 bits per heavy atom. The van der Waals surface area contributed by atoms with E-state index in [0.717, 1.165) is 12.2 Å². The van der Waals surface area contributed by atoms with Crippen LogP contribution >= 0.6 is 0 Å². The number of hydrogen-bond acceptors (Lipinski definition) is 0. The van der Waals surface area contributed by atoms with Crippen molar-refractivity contribution in [3.8, 4) is 0 Å². The van der Waals surface area contributed by atoms with E-state index in [0.29, 0.717) is 12.2 Å². The van der Waals surface area contributed by atoms with Gasteiger partial charge in [0.2, 0.25) is 0 Å². The normalized spacial score (nSPS) is 21.2. The minimum atomic E-state index is -4.65. The highest BCUT2D eigenvalue weighted by Crippen LogP contribution is 2.36. The number of halogens is 6. The highest BCUT2D eigenvalue weighted by Gasteiger charge is 2.39. The highest BCUT2D eigenvalue weighted by molar-refractivity contribution is 5.38. The van der Waals surface area contributed by atoms with Crippen molar-refractivity contribution in [2.24, 2.45) is 11.8 Å². The van der Waals surface area contributed by atoms with E-state index in [9.17, 15) is 26.3 Å². The molecule has 0 saturated heterocycles. The molecule has 0 aromatic carbocycles. The van der Waals surface area contributed by atoms with Crippen LogP contribution in [0, 0.1) is 11.8 Å². The molecule has 0 radical (unpaired) electrons. The first-order valence-electron chi connectivity index (χ1n) is 5.74. The first-order valence-corrected chi connectivity index (χ1v) is 5.74. The lowest BCUT2D eigenvalue weighted by Gasteiger charge is -2.14. The van der Waals surface area contributed by atoms with Gasteiger partial charge in [0, 0.05) is 0 Å². The number of hydrogen-bond donors (Lipinski definition) is 0. The zero-order valence-electron chi connectivity index (χ0n) is 10.4. The van der Waals surface area contributed by atoms with Crippen LogP contribution in [-0.4, -0.2) is 12.4 Å². The fraction of sp³-hybridized carbons (Fsp3) is 0.538. The molecular weight excluding hydrogens is 270 g/mol. The largest absolute Gasteiger partial charge is 0.416 e. The van der Waals surface area contributed by atoms with Crippen molar-refractivity contribution < 1.29 is 26.3 Å². The van der Waals surface area contributed by atoms with Crippen LogP contribution in [0.15, 0.2) is 35.5 Å². The summed E-state index contributed by atoms with van der Waals surface area (Å²) in [6.07, 6.45) is -6.35. The molecular formula is C13H14F6. The molecule has 0 aliphatic heterocycles. The highest BCUT2D eigenvalue weighted by atomic mass is 19.4. The predicted octanol–water partition coefficient (Wildman–Crippen LogP) is 5.20. The number of alkyl halides is 6. The molecule has 0 aromatic rings. The van der Waals surface area contributed by atoms with Crippen molar-refractivity contribution in [3.05, 3.63) is 35.5 Å². The van der Waals surface area contributed by atoms with Crippen molar-refractivity contribution in [2.75, 3.05) is 0 Å². The Hall–Kier alpha value is -1.20. The molecule has 0 nitrogen and oxygen atoms in total. The Labute approximate surface area is 107 Å². The summed E-state index contributed by atoms with van der Waals surface area (Å²) in [5.41, 5.74) is -0.985. The molecule has 19 heavy (non-hydrogen) atoms. The SMILES string of the molecule is CC(C)CC1=CC(C(F)(F)F)C=CC(C(F)(F)F)=C1. The van der Waals surface area contributed by atoms with E-state index in [-0.39, 0.29) is 17.9 Å². The van der Waals surface area contributed by atoms with E-state index in [2.05, 4.69) is 0 Å². The maximum absolute atomic E-state index is 12.7. The van der Waals surface area contributed by atoms with Gasteiger partial charge in [-0.1, -0.05) is 37.6 Å². The average Bonchev–Trinajstić information content (AvgIpc) is 2.37. The van der Waals surface area contributed by atoms with Crippen LogP contribution in [0.1, 0.15) is 20.3 Å². The summed E-state index contributed by atoms with van der Waals surface area (Å²) in [6.45, 7) is 3.48. The monoisotopic (exact) mass is 284 g/mol. The van der Waals surface area contributed by atoms with E-state index in [1.165, 1.54) is 0 Å². The molecule has 0 bridgehead atoms. The zero-order valence-corrected chi connectivity index (χ0v) is 10.4. The Morgan fingerprint density at radius 3 is 2.11 bits per heavy atom. The van der Waals surface area contributed by atoms with Crippen molar-refractivity contribution in [1.29, 1.82) is 0 Å². The molecule has 6 heteroatoms. The quantitative estimate of drug-likeness (QED) is 0.612. The molecule has 1 aliphatic rings. The van der Waals surface area contributed by atoms with Crippen molar-refractivity contribution in [2.45, 2.75) is 32.6 Å². The summed E-state index contributed by atoms with van der Waals surface area (Å²) in [5, 5.41) is 0. The third-order valence-corrected chi connectivity index (χ3v) is 2.57. The topological polar surface area (TPSA) is 0 Å². The van der Waals surface area contributed by atoms with Gasteiger partial charge < -0.3 is 0 Å². The lowest BCUT2D eigenvalue weighted by molar-refractivity contribution is -0.149. The van der Waals surface area contributed by atoms with Gasteiger partial charge in [-0.05, 0) is 18.4 Å². The molecule has 108 valence electrons. The second kappa shape index (κ2) is 5.43. The Morgan fingerprint density at radius 2 is 1.68 bits per heavy atom. The molecule has 0 spiro atoms. The van der Waals surface area contributed by atoms with Gasteiger partial charge in [0.15, 0.2) is 0 Å². The van der Waals surface area contributed by atoms with Crippen LogP contribution in [-0.2, 0) is 0 Å². The lowest BCUT2D eigenvalue weighted by atomic mass is 9.98. The molecule has 0 heterocycles. The van der Waals surface area contributed by atoms with Gasteiger partial charge in [-0.3, -0.25) is 0 Å². The molecule has 0 N–H and O–H groups in total. The molecule has 1 rings (SSSR count). The minimum Gasteiger partial charge on any atom is -0.170 e. The van der Waals surface area contributed by atoms with E-state index < -0.39 is 23.8 Å². The molecule has 0 fully saturated rings. The Kier molecular flexibility index (Phi) is 4.53. The van der Waals surface area contributed by atoms with Crippen LogP contribution in [0.3, 0.4) is 0 Å². The smallest absolute Gasteiger partial charge is 0.170 e. The van der Waals surface area contributed by atoms with Crippen LogP contribution in [0.2, 0.25) is 0 Å². The van der Waals surface area contributed by atoms with Gasteiger partial charge in [-0.25, -0.2) is 0 Å². The Bertz CT molecular complexity index is 406. The standard InChI is InChI=1S/C13H14F6/c1-8(2)5-9-6-10(12(14,15)16)3-4-11(7-9)13(17,18)19/h3-4,6-8,10H,5H2,1-2H3. The zero-order chi connectivity index (χ0) is 14.8. The second-order valence-corrected chi connectivity index (χ2v) is 4.86. The summed E-state index contributed by atoms with van der Waals surface area (Å²) in [4.78, 5) is 0. The summed E-state index contributed by atoms with van der Waals surface area (Å²) in [6, 6.07) is 0. The Balaban J connectivity index is 3.16. The molecule has 0 amide bonds. The van der Waals surface area contributed by atoms with Gasteiger partial charge in [0.05, 0.1) is 11.5 Å². The van der Waals surface area contributed by atoms with E-state index in [1.54, 1.807) is 13.8 Å². The van der Waals surface area contributed by atoms with Gasteiger partial charge in [-0.2, -0.15) is 26.3 Å². The van der Waals surface area contributed by atoms with Crippen LogP contribution in [0.4, 0.5) is 26.3 Å². The summed E-state index contributed by atoms with van der Waals surface area (Å²) in [7, 11) is 0. The van der Waals surface area contributed by atoms with Crippen LogP contribution < -0.4 is 0 Å². The molecule has 1 aliphatic carbocycles. The minimum absolute atomic E-state index is 0.0241. The molecule has 0 aromatic heterocycles. The summed E-state index contributed by atoms with van der Waals surface area (Å²) >= 11 is 0. The third kappa shape index (κ3) is 4.76. The van der Waals surface area contributed by atoms with E-state index in [4.69, 9.17) is 0 Å². The van der Waals surface area contributed by atoms with Gasteiger partial charge >= 0.3 is 12.4 Å². The van der Waals surface area contributed by atoms with E-state index >= 15 is 0 Å². The lowest BCUT2D eigenvalue weighted by Crippen LogP contribution is -2.19. The van der Waals surface area contributed by atoms with Crippen molar-refractivity contribution >= 4 is 0 Å². The second-order valence-electron chi connectivity index (χ2n) is 4.86. The van der Waals surface area contributed by atoms with Gasteiger partial charge in [0.25, 0.3) is 0 Å².